The van der Waals surface area contributed by atoms with Gasteiger partial charge in [0.2, 0.25) is 5.91 Å². The van der Waals surface area contributed by atoms with E-state index >= 15 is 0 Å². The third kappa shape index (κ3) is 3.86. The number of hydrogen-bond donors (Lipinski definition) is 2. The van der Waals surface area contributed by atoms with E-state index in [1.54, 1.807) is 18.0 Å². The van der Waals surface area contributed by atoms with E-state index in [9.17, 15) is 4.79 Å². The topological polar surface area (TPSA) is 59.0 Å². The number of benzene rings is 1. The number of carbonyl (C=O) groups excluding carboxylic acids is 1. The maximum absolute atomic E-state index is 12.5. The predicted molar refractivity (Wildman–Crippen MR) is 102 cm³/mol. The molecule has 25 heavy (non-hydrogen) atoms. The number of nitrogens with zero attached hydrogens (tertiary/aromatic N) is 2. The van der Waals surface area contributed by atoms with Crippen molar-refractivity contribution in [3.63, 3.8) is 0 Å². The zero-order valence-corrected chi connectivity index (χ0v) is 15.8. The number of amides is 1. The number of anilines is 1. The summed E-state index contributed by atoms with van der Waals surface area (Å²) < 4.78 is 1.99. The summed E-state index contributed by atoms with van der Waals surface area (Å²) in [6, 6.07) is 8.01. The molecule has 2 fully saturated rings. The fraction of sp³-hybridized carbons (Fsp3) is 0.444. The molecule has 5 nitrogen and oxygen atoms in total. The van der Waals surface area contributed by atoms with Gasteiger partial charge in [0.1, 0.15) is 0 Å². The largest absolute Gasteiger partial charge is 0.329 e. The van der Waals surface area contributed by atoms with Crippen LogP contribution in [-0.2, 0) is 11.8 Å². The summed E-state index contributed by atoms with van der Waals surface area (Å²) in [6.07, 6.45) is 7.04. The molecule has 1 amide bonds. The van der Waals surface area contributed by atoms with Crippen molar-refractivity contribution in [2.24, 2.45) is 18.4 Å². The summed E-state index contributed by atoms with van der Waals surface area (Å²) in [5.74, 6) is 0.377. The number of aryl methyl sites for hydroxylation is 1. The minimum Gasteiger partial charge on any atom is -0.329 e. The molecule has 1 saturated heterocycles. The van der Waals surface area contributed by atoms with E-state index in [0.29, 0.717) is 0 Å². The smallest absolute Gasteiger partial charge is 0.228 e. The van der Waals surface area contributed by atoms with Gasteiger partial charge in [-0.15, -0.1) is 12.4 Å². The molecule has 4 rings (SSSR count). The molecule has 1 atom stereocenters. The van der Waals surface area contributed by atoms with Crippen molar-refractivity contribution in [1.82, 2.24) is 14.9 Å². The highest BCUT2D eigenvalue weighted by molar-refractivity contribution is 7.99. The first-order chi connectivity index (χ1) is 11.7. The van der Waals surface area contributed by atoms with Crippen LogP contribution >= 0.6 is 24.2 Å². The van der Waals surface area contributed by atoms with Gasteiger partial charge in [0.05, 0.1) is 0 Å². The van der Waals surface area contributed by atoms with E-state index in [-0.39, 0.29) is 29.6 Å². The van der Waals surface area contributed by atoms with Gasteiger partial charge in [0.15, 0.2) is 5.16 Å². The van der Waals surface area contributed by atoms with Gasteiger partial charge in [-0.2, -0.15) is 0 Å². The standard InChI is InChI=1S/C18H22N4OS.ClH/c1-22-11-10-20-17(22)24-14-4-2-13(3-5-14)21-16(23)15-12-18(15)6-8-19-9-7-18;/h2-5,10-11,15,19H,6-9,12H2,1H3,(H,21,23);1H. The van der Waals surface area contributed by atoms with E-state index in [4.69, 9.17) is 0 Å². The fourth-order valence-electron chi connectivity index (χ4n) is 3.59. The van der Waals surface area contributed by atoms with Crippen LogP contribution in [0, 0.1) is 11.3 Å². The molecule has 1 unspecified atom stereocenters. The molecular formula is C18H23ClN4OS. The van der Waals surface area contributed by atoms with Crippen molar-refractivity contribution < 1.29 is 4.79 Å². The Balaban J connectivity index is 0.00000182. The Morgan fingerprint density at radius 1 is 1.32 bits per heavy atom. The van der Waals surface area contributed by atoms with Gasteiger partial charge >= 0.3 is 0 Å². The van der Waals surface area contributed by atoms with Crippen molar-refractivity contribution in [3.05, 3.63) is 36.7 Å². The molecule has 1 saturated carbocycles. The molecular weight excluding hydrogens is 356 g/mol. The summed E-state index contributed by atoms with van der Waals surface area (Å²) in [5, 5.41) is 7.42. The Labute approximate surface area is 158 Å². The molecule has 1 aromatic heterocycles. The first-order valence-electron chi connectivity index (χ1n) is 8.43. The van der Waals surface area contributed by atoms with Crippen molar-refractivity contribution in [2.75, 3.05) is 18.4 Å². The van der Waals surface area contributed by atoms with Crippen LogP contribution < -0.4 is 10.6 Å². The lowest BCUT2D eigenvalue weighted by atomic mass is 9.92. The SMILES string of the molecule is Cl.Cn1ccnc1Sc1ccc(NC(=O)C2CC23CCNCC3)cc1. The Morgan fingerprint density at radius 3 is 2.68 bits per heavy atom. The molecule has 1 aromatic carbocycles. The normalized spacial score (nSPS) is 20.8. The van der Waals surface area contributed by atoms with Crippen molar-refractivity contribution >= 4 is 35.8 Å². The van der Waals surface area contributed by atoms with Crippen LogP contribution in [-0.4, -0.2) is 28.5 Å². The summed E-state index contributed by atoms with van der Waals surface area (Å²) in [6.45, 7) is 2.09. The summed E-state index contributed by atoms with van der Waals surface area (Å²) in [5.41, 5.74) is 1.16. The monoisotopic (exact) mass is 378 g/mol. The Hall–Kier alpha value is -1.50. The molecule has 0 radical (unpaired) electrons. The summed E-state index contributed by atoms with van der Waals surface area (Å²) in [4.78, 5) is 17.9. The molecule has 2 aliphatic rings. The van der Waals surface area contributed by atoms with Gasteiger partial charge in [0.25, 0.3) is 0 Å². The molecule has 7 heteroatoms. The molecule has 134 valence electrons. The lowest BCUT2D eigenvalue weighted by molar-refractivity contribution is -0.118. The van der Waals surface area contributed by atoms with E-state index in [0.717, 1.165) is 48.1 Å². The van der Waals surface area contributed by atoms with Gasteiger partial charge in [-0.1, -0.05) is 11.8 Å². The number of nitrogens with one attached hydrogen (secondary N) is 2. The maximum atomic E-state index is 12.5. The van der Waals surface area contributed by atoms with Crippen LogP contribution in [0.4, 0.5) is 5.69 Å². The van der Waals surface area contributed by atoms with E-state index in [1.165, 1.54) is 0 Å². The number of hydrogen-bond acceptors (Lipinski definition) is 4. The Morgan fingerprint density at radius 2 is 2.04 bits per heavy atom. The van der Waals surface area contributed by atoms with Crippen molar-refractivity contribution in [2.45, 2.75) is 29.3 Å². The third-order valence-corrected chi connectivity index (χ3v) is 6.30. The highest BCUT2D eigenvalue weighted by Gasteiger charge is 2.57. The van der Waals surface area contributed by atoms with Crippen LogP contribution in [0.2, 0.25) is 0 Å². The first kappa shape index (κ1) is 18.3. The Kier molecular flexibility index (Phi) is 5.41. The molecule has 2 heterocycles. The minimum absolute atomic E-state index is 0. The van der Waals surface area contributed by atoms with Crippen LogP contribution in [0.3, 0.4) is 0 Å². The predicted octanol–water partition coefficient (Wildman–Crippen LogP) is 3.32. The summed E-state index contributed by atoms with van der Waals surface area (Å²) >= 11 is 1.62. The second-order valence-corrected chi connectivity index (χ2v) is 7.85. The number of aromatic nitrogens is 2. The fourth-order valence-corrected chi connectivity index (χ4v) is 4.39. The van der Waals surface area contributed by atoms with Crippen LogP contribution in [0.15, 0.2) is 46.7 Å². The van der Waals surface area contributed by atoms with Crippen molar-refractivity contribution in [1.29, 1.82) is 0 Å². The van der Waals surface area contributed by atoms with Gasteiger partial charge in [-0.05, 0) is 62.0 Å². The lowest BCUT2D eigenvalue weighted by Gasteiger charge is -2.23. The number of imidazole rings is 1. The Bertz CT molecular complexity index is 740. The number of carbonyl (C=O) groups is 1. The van der Waals surface area contributed by atoms with Gasteiger partial charge < -0.3 is 15.2 Å². The van der Waals surface area contributed by atoms with Gasteiger partial charge in [-0.3, -0.25) is 4.79 Å². The third-order valence-electron chi connectivity index (χ3n) is 5.21. The van der Waals surface area contributed by atoms with Crippen LogP contribution in [0.5, 0.6) is 0 Å². The zero-order chi connectivity index (χ0) is 16.6. The highest BCUT2D eigenvalue weighted by Crippen LogP contribution is 2.58. The number of rotatable bonds is 4. The van der Waals surface area contributed by atoms with Gasteiger partial charge in [0, 0.05) is 35.9 Å². The molecule has 1 aliphatic carbocycles. The molecule has 0 bridgehead atoms. The molecule has 2 N–H and O–H groups in total. The second-order valence-electron chi connectivity index (χ2n) is 6.81. The molecule has 1 aliphatic heterocycles. The quantitative estimate of drug-likeness (QED) is 0.856. The van der Waals surface area contributed by atoms with Crippen molar-refractivity contribution in [3.8, 4) is 0 Å². The number of halogens is 1. The molecule has 2 aromatic rings. The number of piperidine rings is 1. The minimum atomic E-state index is 0. The average Bonchev–Trinajstić information content (AvgIpc) is 3.13. The van der Waals surface area contributed by atoms with Crippen LogP contribution in [0.25, 0.3) is 0 Å². The van der Waals surface area contributed by atoms with Crippen LogP contribution in [0.1, 0.15) is 19.3 Å². The first-order valence-corrected chi connectivity index (χ1v) is 9.25. The highest BCUT2D eigenvalue weighted by atomic mass is 35.5. The maximum Gasteiger partial charge on any atom is 0.228 e. The van der Waals surface area contributed by atoms with E-state index in [2.05, 4.69) is 15.6 Å². The molecule has 1 spiro atoms. The van der Waals surface area contributed by atoms with E-state index < -0.39 is 0 Å². The van der Waals surface area contributed by atoms with Gasteiger partial charge in [-0.25, -0.2) is 4.98 Å². The summed E-state index contributed by atoms with van der Waals surface area (Å²) in [7, 11) is 1.98. The van der Waals surface area contributed by atoms with E-state index in [1.807, 2.05) is 42.1 Å². The second kappa shape index (κ2) is 7.40. The zero-order valence-electron chi connectivity index (χ0n) is 14.2. The average molecular weight is 379 g/mol. The lowest BCUT2D eigenvalue weighted by Crippen LogP contribution is -2.31.